The lowest BCUT2D eigenvalue weighted by Gasteiger charge is -2.60. The number of fused-ring (bicyclic) bond motifs is 6. The van der Waals surface area contributed by atoms with E-state index in [9.17, 15) is 2.74 Å². The molecule has 5 saturated heterocycles. The van der Waals surface area contributed by atoms with Crippen LogP contribution < -0.4 is 24.5 Å². The number of para-hydroxylation sites is 3. The van der Waals surface area contributed by atoms with Crippen LogP contribution in [0.5, 0.6) is 0 Å². The molecular formula is C110H167N7O2. The van der Waals surface area contributed by atoms with E-state index in [1.807, 2.05) is 102 Å². The number of pyridine rings is 2. The van der Waals surface area contributed by atoms with Crippen molar-refractivity contribution < 1.29 is 25.3 Å². The Morgan fingerprint density at radius 2 is 0.689 bits per heavy atom. The second-order valence-electron chi connectivity index (χ2n) is 39.7. The number of hydrogen-bond acceptors (Lipinski definition) is 9. The number of aromatic nitrogens is 2. The molecule has 0 radical (unpaired) electrons. The molecule has 5 aromatic carbocycles. The van der Waals surface area contributed by atoms with Crippen LogP contribution in [0, 0.1) is 99.2 Å². The quantitative estimate of drug-likeness (QED) is 0.168. The zero-order valence-electron chi connectivity index (χ0n) is 91.9. The average molecular weight is 1630 g/mol. The largest absolute Gasteiger partial charge is 0.436 e. The van der Waals surface area contributed by atoms with Gasteiger partial charge >= 0.3 is 0 Å². The Hall–Kier alpha value is -7.00. The predicted octanol–water partition coefficient (Wildman–Crippen LogP) is 31.7. The highest BCUT2D eigenvalue weighted by atomic mass is 16.3. The fourth-order valence-corrected chi connectivity index (χ4v) is 23.7. The molecule has 0 amide bonds. The van der Waals surface area contributed by atoms with Crippen molar-refractivity contribution in [2.75, 3.05) is 57.2 Å². The van der Waals surface area contributed by atoms with Crippen molar-refractivity contribution in [3.63, 3.8) is 0 Å². The Morgan fingerprint density at radius 1 is 0.336 bits per heavy atom. The zero-order chi connectivity index (χ0) is 97.8. The molecule has 9 aromatic rings. The molecule has 11 fully saturated rings. The lowest BCUT2D eigenvalue weighted by atomic mass is 9.44. The zero-order valence-corrected chi connectivity index (χ0v) is 79.9. The predicted molar refractivity (Wildman–Crippen MR) is 521 cm³/mol. The summed E-state index contributed by atoms with van der Waals surface area (Å²) in [7, 11) is 0. The molecule has 5 aliphatic heterocycles. The number of furan rings is 2. The van der Waals surface area contributed by atoms with Crippen molar-refractivity contribution in [1.29, 1.82) is 0 Å². The second kappa shape index (κ2) is 37.6. The summed E-state index contributed by atoms with van der Waals surface area (Å²) in [5.74, 6) is 2.96. The molecule has 0 atom stereocenters. The molecule has 6 aliphatic carbocycles. The minimum Gasteiger partial charge on any atom is -0.436 e. The Kier molecular flexibility index (Phi) is 24.6. The van der Waals surface area contributed by atoms with Gasteiger partial charge in [-0.2, -0.15) is 0 Å². The van der Waals surface area contributed by atoms with Crippen LogP contribution in [0.1, 0.15) is 350 Å². The van der Waals surface area contributed by atoms with E-state index in [4.69, 9.17) is 22.5 Å². The van der Waals surface area contributed by atoms with Gasteiger partial charge in [-0.05, 0) is 328 Å². The van der Waals surface area contributed by atoms with Crippen LogP contribution in [-0.2, 0) is 0 Å². The summed E-state index contributed by atoms with van der Waals surface area (Å²) in [6.07, 6.45) is 16.9. The van der Waals surface area contributed by atoms with E-state index < -0.39 is 61.4 Å². The van der Waals surface area contributed by atoms with Gasteiger partial charge in [0.2, 0.25) is 11.4 Å². The summed E-state index contributed by atoms with van der Waals surface area (Å²) in [6, 6.07) is 41.5. The van der Waals surface area contributed by atoms with Crippen molar-refractivity contribution >= 4 is 72.6 Å². The van der Waals surface area contributed by atoms with Gasteiger partial charge in [-0.25, -0.2) is 9.97 Å². The van der Waals surface area contributed by atoms with Gasteiger partial charge in [0.15, 0.2) is 11.2 Å². The molecule has 3 spiro atoms. The van der Waals surface area contributed by atoms with E-state index in [0.717, 1.165) is 101 Å². The van der Waals surface area contributed by atoms with Crippen molar-refractivity contribution in [2.24, 2.45) is 50.7 Å². The first-order valence-electron chi connectivity index (χ1n) is 52.9. The summed E-state index contributed by atoms with van der Waals surface area (Å²) in [5.41, 5.74) is 13.1. The highest BCUT2D eigenvalue weighted by Gasteiger charge is 2.63. The number of benzene rings is 5. The molecule has 9 nitrogen and oxygen atoms in total. The fraction of sp³-hybridized carbons (Fsp3) is 0.636. The second-order valence-corrected chi connectivity index (χ2v) is 39.7. The van der Waals surface area contributed by atoms with Crippen molar-refractivity contribution in [2.45, 2.75) is 370 Å². The van der Waals surface area contributed by atoms with Crippen LogP contribution in [-0.4, -0.2) is 70.4 Å². The topological polar surface area (TPSA) is 68.3 Å². The van der Waals surface area contributed by atoms with Crippen LogP contribution in [0.4, 0.5) is 28.4 Å². The Morgan fingerprint density at radius 3 is 1.09 bits per heavy atom. The number of nitrogens with zero attached hydrogens (tertiary/aromatic N) is 7. The first kappa shape index (κ1) is 78.0. The van der Waals surface area contributed by atoms with Crippen molar-refractivity contribution in [3.8, 4) is 0 Å². The van der Waals surface area contributed by atoms with Gasteiger partial charge in [-0.3, -0.25) is 0 Å². The molecule has 4 aromatic heterocycles. The van der Waals surface area contributed by atoms with E-state index in [-0.39, 0.29) is 21.9 Å². The Bertz CT molecular complexity index is 5320. The average Bonchev–Trinajstić information content (AvgIpc) is 1.52. The first-order valence-corrected chi connectivity index (χ1v) is 46.9. The molecule has 654 valence electrons. The first-order chi connectivity index (χ1) is 61.3. The third-order valence-corrected chi connectivity index (χ3v) is 27.9. The number of aryl methyl sites for hydroxylation is 7. The van der Waals surface area contributed by atoms with E-state index in [0.29, 0.717) is 28.4 Å². The lowest BCUT2D eigenvalue weighted by molar-refractivity contribution is -0.0993. The van der Waals surface area contributed by atoms with Gasteiger partial charge in [-0.15, -0.1) is 0 Å². The SMILES string of the molecule is CC.CC.CC.CC.CC.Cc1ccc2c(n1)oc1c(N3CC(C)(C)CC3(C)C)c(C)ccc12.Cc1ccc2c(n1)oc1c(N3CC4(CCCCC4)CC3(C)C)c(C)ccc12.[2H]C([2H])([2H])C1(C([2H])([2H])[2H])CN(c2ccccc2C)C(C)(C)C1([2H])[2H].[2H]C1([2H])C2(CCCCC2)CN(c2ccccc2C)C1(C)C.[2H]C1([2H])C2(CN(c3ccccc3C)C1(C)C)C1CC3CC(C1)CC2C3. The van der Waals surface area contributed by atoms with Gasteiger partial charge in [0.1, 0.15) is 0 Å². The molecule has 4 bridgehead atoms. The van der Waals surface area contributed by atoms with E-state index >= 15 is 0 Å². The summed E-state index contributed by atoms with van der Waals surface area (Å²) in [5, 5.41) is 4.59. The van der Waals surface area contributed by atoms with Gasteiger partial charge in [0.25, 0.3) is 0 Å². The highest BCUT2D eigenvalue weighted by molar-refractivity contribution is 6.10. The Labute approximate surface area is 743 Å². The van der Waals surface area contributed by atoms with Crippen molar-refractivity contribution in [3.05, 3.63) is 161 Å². The highest BCUT2D eigenvalue weighted by Crippen LogP contribution is 2.68. The van der Waals surface area contributed by atoms with E-state index in [1.54, 1.807) is 30.9 Å². The van der Waals surface area contributed by atoms with Crippen molar-refractivity contribution in [1.82, 2.24) is 9.97 Å². The summed E-state index contributed by atoms with van der Waals surface area (Å²) in [6.45, 7) is 58.0. The van der Waals surface area contributed by atoms with Crippen LogP contribution in [0.25, 0.3) is 44.1 Å². The summed E-state index contributed by atoms with van der Waals surface area (Å²) >= 11 is 0. The minimum atomic E-state index is -2.98. The molecule has 9 heteroatoms. The number of rotatable bonds is 5. The monoisotopic (exact) mass is 1630 g/mol. The minimum absolute atomic E-state index is 0.116. The van der Waals surface area contributed by atoms with E-state index in [2.05, 4.69) is 224 Å². The third kappa shape index (κ3) is 19.7. The molecule has 0 N–H and O–H groups in total. The standard InChI is InChI=1S/C24H30N2O.C22H31N.C21H26N2O.C18H27N.C15H23N.5C2H6/c1-16-8-10-18-19-11-9-17(2)25-22(19)27-21(18)20(16)26-15-24(14-23(26,3)4)12-6-5-7-13-24;1-15-6-4-5-7-20(15)23-14-22(13-21(23,2)3)18-9-16-8-17(11-18)12-19(22)10-16;1-13-7-9-15-16-10-8-14(2)22-19(16)24-18(15)17(13)23-12-20(3,4)11-21(23,5)6;1-15-9-5-6-10-16(15)19-14-18(13-17(19,2)3)11-7-4-8-12-18;1-12-8-6-7-9-13(12)16-11-14(2,3)10-15(16,4)5;5*1-2/h8-11H,5-7,12-15H2,1-4H3;4-7,16-19H,8-14H2,1-3H3;7-10H,11-12H2,1-6H3;5-6,9-10H,4,7-8,11-14H2,1-3H3;6-9H,10-11H2,1-5H3;5*1-2H3/i;13D2;;13D2;2D3,3D3,10D2;;;;;. The normalized spacial score (nSPS) is 27.5. The maximum atomic E-state index is 9.39. The number of hydrogen-bond donors (Lipinski definition) is 0. The molecule has 11 aliphatic rings. The molecule has 0 unspecified atom stereocenters. The molecule has 20 rings (SSSR count). The maximum absolute atomic E-state index is 9.39. The van der Waals surface area contributed by atoms with Crippen LogP contribution in [0.2, 0.25) is 0 Å². The van der Waals surface area contributed by atoms with Gasteiger partial charge < -0.3 is 33.3 Å². The van der Waals surface area contributed by atoms with Gasteiger partial charge in [0, 0.05) is 127 Å². The van der Waals surface area contributed by atoms with Crippen LogP contribution >= 0.6 is 0 Å². The molecule has 6 saturated carbocycles. The maximum Gasteiger partial charge on any atom is 0.227 e. The smallest absolute Gasteiger partial charge is 0.227 e. The third-order valence-electron chi connectivity index (χ3n) is 27.9. The number of anilines is 5. The van der Waals surface area contributed by atoms with E-state index in [1.165, 1.54) is 152 Å². The van der Waals surface area contributed by atoms with Gasteiger partial charge in [-0.1, -0.05) is 214 Å². The lowest BCUT2D eigenvalue weighted by Crippen LogP contribution is -2.54. The molecular weight excluding hydrogens is 1450 g/mol. The molecule has 119 heavy (non-hydrogen) atoms. The summed E-state index contributed by atoms with van der Waals surface area (Å²) < 4.78 is 114. The van der Waals surface area contributed by atoms with Crippen LogP contribution in [0.3, 0.4) is 0 Å². The van der Waals surface area contributed by atoms with Gasteiger partial charge in [0.05, 0.1) is 11.4 Å². The summed E-state index contributed by atoms with van der Waals surface area (Å²) in [4.78, 5) is 20.8. The molecule has 9 heterocycles. The fourth-order valence-electron chi connectivity index (χ4n) is 23.7. The Balaban J connectivity index is 0.000000166. The van der Waals surface area contributed by atoms with Crippen LogP contribution in [0.15, 0.2) is 130 Å².